The van der Waals surface area contributed by atoms with Crippen LogP contribution in [-0.2, 0) is 30.9 Å². The van der Waals surface area contributed by atoms with Gasteiger partial charge in [-0.2, -0.15) is 8.42 Å². The Morgan fingerprint density at radius 2 is 1.89 bits per heavy atom. The number of hydrogen-bond acceptors (Lipinski definition) is 5. The Labute approximate surface area is 121 Å². The van der Waals surface area contributed by atoms with Crippen molar-refractivity contribution in [1.29, 1.82) is 0 Å². The van der Waals surface area contributed by atoms with Gasteiger partial charge in [0, 0.05) is 11.0 Å². The summed E-state index contributed by atoms with van der Waals surface area (Å²) in [6.07, 6.45) is 0.933. The van der Waals surface area contributed by atoms with E-state index in [4.69, 9.17) is 0 Å². The molecule has 0 atom stereocenters. The van der Waals surface area contributed by atoms with E-state index in [1.54, 1.807) is 13.0 Å². The summed E-state index contributed by atoms with van der Waals surface area (Å²) in [6.45, 7) is 1.72. The highest BCUT2D eigenvalue weighted by Crippen LogP contribution is 2.23. The van der Waals surface area contributed by atoms with Crippen LogP contribution in [0.2, 0.25) is 0 Å². The molecule has 0 aliphatic rings. The van der Waals surface area contributed by atoms with Crippen molar-refractivity contribution < 1.29 is 21.0 Å². The van der Waals surface area contributed by atoms with Crippen LogP contribution in [0.25, 0.3) is 0 Å². The van der Waals surface area contributed by atoms with Crippen molar-refractivity contribution in [1.82, 2.24) is 4.72 Å². The lowest BCUT2D eigenvalue weighted by Crippen LogP contribution is -2.23. The van der Waals surface area contributed by atoms with Gasteiger partial charge in [0.25, 0.3) is 10.1 Å². The van der Waals surface area contributed by atoms with E-state index in [2.05, 4.69) is 24.8 Å². The number of rotatable bonds is 6. The van der Waals surface area contributed by atoms with Gasteiger partial charge in [-0.3, -0.25) is 4.18 Å². The summed E-state index contributed by atoms with van der Waals surface area (Å²) in [5.74, 6) is 0. The summed E-state index contributed by atoms with van der Waals surface area (Å²) in [4.78, 5) is 0.0453. The van der Waals surface area contributed by atoms with E-state index in [1.165, 1.54) is 12.1 Å². The van der Waals surface area contributed by atoms with Crippen molar-refractivity contribution in [2.24, 2.45) is 0 Å². The largest absolute Gasteiger partial charge is 0.265 e. The summed E-state index contributed by atoms with van der Waals surface area (Å²) in [5, 5.41) is 0. The monoisotopic (exact) mass is 371 g/mol. The van der Waals surface area contributed by atoms with Gasteiger partial charge in [0.2, 0.25) is 10.0 Å². The Hall–Kier alpha value is -0.480. The Morgan fingerprint density at radius 1 is 1.26 bits per heavy atom. The van der Waals surface area contributed by atoms with Gasteiger partial charge in [-0.05, 0) is 33.6 Å². The van der Waals surface area contributed by atoms with Crippen LogP contribution in [0.5, 0.6) is 0 Å². The van der Waals surface area contributed by atoms with Gasteiger partial charge in [-0.15, -0.1) is 0 Å². The molecule has 9 heteroatoms. The van der Waals surface area contributed by atoms with Crippen LogP contribution >= 0.6 is 15.9 Å². The molecule has 1 N–H and O–H groups in total. The predicted molar refractivity (Wildman–Crippen MR) is 74.6 cm³/mol. The minimum absolute atomic E-state index is 0.0453. The summed E-state index contributed by atoms with van der Waals surface area (Å²) in [5.41, 5.74) is 0.449. The molecule has 108 valence electrons. The summed E-state index contributed by atoms with van der Waals surface area (Å²) in [6, 6.07) is 4.48. The van der Waals surface area contributed by atoms with Crippen LogP contribution in [-0.4, -0.2) is 29.6 Å². The van der Waals surface area contributed by atoms with E-state index in [1.807, 2.05) is 0 Å². The molecule has 1 aromatic carbocycles. The average Bonchev–Trinajstić information content (AvgIpc) is 2.26. The molecule has 0 saturated heterocycles. The SMILES string of the molecule is CCNS(=O)(=O)c1cc(COS(C)(=O)=O)ccc1Br. The van der Waals surface area contributed by atoms with Crippen molar-refractivity contribution in [3.05, 3.63) is 28.2 Å². The van der Waals surface area contributed by atoms with Gasteiger partial charge in [0.1, 0.15) is 0 Å². The van der Waals surface area contributed by atoms with Crippen LogP contribution in [0.1, 0.15) is 12.5 Å². The van der Waals surface area contributed by atoms with E-state index in [-0.39, 0.29) is 18.0 Å². The summed E-state index contributed by atoms with van der Waals surface area (Å²) < 4.78 is 53.0. The Kier molecular flexibility index (Phi) is 5.51. The van der Waals surface area contributed by atoms with Gasteiger partial charge >= 0.3 is 0 Å². The second-order valence-corrected chi connectivity index (χ2v) is 7.97. The topological polar surface area (TPSA) is 89.5 Å². The normalized spacial score (nSPS) is 12.6. The lowest BCUT2D eigenvalue weighted by atomic mass is 10.2. The average molecular weight is 372 g/mol. The molecule has 0 radical (unpaired) electrons. The Balaban J connectivity index is 3.08. The first-order valence-corrected chi connectivity index (χ1v) is 9.37. The third-order valence-electron chi connectivity index (χ3n) is 2.06. The van der Waals surface area contributed by atoms with Gasteiger partial charge in [0.05, 0.1) is 17.8 Å². The zero-order valence-electron chi connectivity index (χ0n) is 10.4. The lowest BCUT2D eigenvalue weighted by Gasteiger charge is -2.09. The molecular weight excluding hydrogens is 358 g/mol. The maximum Gasteiger partial charge on any atom is 0.264 e. The minimum Gasteiger partial charge on any atom is -0.265 e. The highest BCUT2D eigenvalue weighted by atomic mass is 79.9. The first kappa shape index (κ1) is 16.6. The van der Waals surface area contributed by atoms with E-state index in [9.17, 15) is 16.8 Å². The highest BCUT2D eigenvalue weighted by molar-refractivity contribution is 9.10. The Morgan fingerprint density at radius 3 is 2.42 bits per heavy atom. The van der Waals surface area contributed by atoms with Crippen LogP contribution in [0.4, 0.5) is 0 Å². The quantitative estimate of drug-likeness (QED) is 0.759. The van der Waals surface area contributed by atoms with Gasteiger partial charge in [-0.25, -0.2) is 13.1 Å². The van der Waals surface area contributed by atoms with Gasteiger partial charge in [0.15, 0.2) is 0 Å². The third kappa shape index (κ3) is 5.19. The van der Waals surface area contributed by atoms with Crippen LogP contribution < -0.4 is 4.72 Å². The summed E-state index contributed by atoms with van der Waals surface area (Å²) >= 11 is 3.15. The van der Waals surface area contributed by atoms with Crippen LogP contribution in [0.3, 0.4) is 0 Å². The van der Waals surface area contributed by atoms with Crippen molar-refractivity contribution in [2.75, 3.05) is 12.8 Å². The molecule has 0 saturated carbocycles. The van der Waals surface area contributed by atoms with Gasteiger partial charge in [-0.1, -0.05) is 13.0 Å². The number of sulfonamides is 1. The van der Waals surface area contributed by atoms with Crippen LogP contribution in [0, 0.1) is 0 Å². The molecule has 0 unspecified atom stereocenters. The molecule has 0 aliphatic heterocycles. The molecule has 0 heterocycles. The number of hydrogen-bond donors (Lipinski definition) is 1. The predicted octanol–water partition coefficient (Wildman–Crippen LogP) is 1.22. The van der Waals surface area contributed by atoms with Crippen molar-refractivity contribution in [2.45, 2.75) is 18.4 Å². The molecule has 0 spiro atoms. The molecule has 0 aromatic heterocycles. The standard InChI is InChI=1S/C10H14BrNO5S2/c1-3-12-19(15,16)10-6-8(4-5-9(10)11)7-17-18(2,13)14/h4-6,12H,3,7H2,1-2H3. The maximum absolute atomic E-state index is 11.9. The number of benzene rings is 1. The van der Waals surface area contributed by atoms with Crippen molar-refractivity contribution in [3.8, 4) is 0 Å². The molecule has 1 rings (SSSR count). The first-order valence-electron chi connectivity index (χ1n) is 5.28. The fourth-order valence-electron chi connectivity index (χ4n) is 1.29. The van der Waals surface area contributed by atoms with Crippen molar-refractivity contribution >= 4 is 36.1 Å². The summed E-state index contributed by atoms with van der Waals surface area (Å²) in [7, 11) is -7.19. The molecular formula is C10H14BrNO5S2. The first-order chi connectivity index (χ1) is 8.65. The van der Waals surface area contributed by atoms with Crippen molar-refractivity contribution in [3.63, 3.8) is 0 Å². The fraction of sp³-hybridized carbons (Fsp3) is 0.400. The molecule has 0 amide bonds. The highest BCUT2D eigenvalue weighted by Gasteiger charge is 2.17. The third-order valence-corrected chi connectivity index (χ3v) is 5.14. The number of nitrogens with one attached hydrogen (secondary N) is 1. The maximum atomic E-state index is 11.9. The number of halogens is 1. The second-order valence-electron chi connectivity index (χ2n) is 3.73. The molecule has 1 aromatic rings. The smallest absolute Gasteiger partial charge is 0.264 e. The molecule has 19 heavy (non-hydrogen) atoms. The van der Waals surface area contributed by atoms with E-state index in [0.29, 0.717) is 10.0 Å². The molecule has 6 nitrogen and oxygen atoms in total. The Bertz CT molecular complexity index is 654. The van der Waals surface area contributed by atoms with E-state index >= 15 is 0 Å². The lowest BCUT2D eigenvalue weighted by molar-refractivity contribution is 0.311. The second kappa shape index (κ2) is 6.31. The molecule has 0 bridgehead atoms. The zero-order valence-corrected chi connectivity index (χ0v) is 13.6. The molecule has 0 fully saturated rings. The zero-order chi connectivity index (χ0) is 14.7. The van der Waals surface area contributed by atoms with Gasteiger partial charge < -0.3 is 0 Å². The van der Waals surface area contributed by atoms with E-state index < -0.39 is 20.1 Å². The fourth-order valence-corrected chi connectivity index (χ4v) is 3.69. The minimum atomic E-state index is -3.62. The van der Waals surface area contributed by atoms with Crippen LogP contribution in [0.15, 0.2) is 27.6 Å². The molecule has 0 aliphatic carbocycles. The van der Waals surface area contributed by atoms with E-state index in [0.717, 1.165) is 6.26 Å².